The second-order valence-corrected chi connectivity index (χ2v) is 8.96. The Hall–Kier alpha value is -2.67. The fourth-order valence-electron chi connectivity index (χ4n) is 4.79. The second kappa shape index (κ2) is 9.45. The Bertz CT molecular complexity index is 1080. The van der Waals surface area contributed by atoms with E-state index in [9.17, 15) is 9.59 Å². The summed E-state index contributed by atoms with van der Waals surface area (Å²) in [7, 11) is 1.83. The van der Waals surface area contributed by atoms with E-state index < -0.39 is 0 Å². The van der Waals surface area contributed by atoms with E-state index in [-0.39, 0.29) is 11.8 Å². The maximum atomic E-state index is 13.1. The molecule has 0 atom stereocenters. The number of thiocarbonyl (C=S) groups is 1. The molecule has 6 nitrogen and oxygen atoms in total. The van der Waals surface area contributed by atoms with Crippen molar-refractivity contribution in [3.63, 3.8) is 0 Å². The van der Waals surface area contributed by atoms with Crippen LogP contribution in [0.1, 0.15) is 50.7 Å². The van der Waals surface area contributed by atoms with Gasteiger partial charge in [0, 0.05) is 43.8 Å². The number of likely N-dealkylation sites (N-methyl/N-ethyl adjacent to an activating group) is 2. The lowest BCUT2D eigenvalue weighted by Gasteiger charge is -2.21. The molecule has 2 aliphatic heterocycles. The molecule has 2 amide bonds. The first-order chi connectivity index (χ1) is 15.5. The van der Waals surface area contributed by atoms with Crippen molar-refractivity contribution in [1.29, 1.82) is 0 Å². The van der Waals surface area contributed by atoms with Crippen LogP contribution in [-0.4, -0.2) is 62.9 Å². The summed E-state index contributed by atoms with van der Waals surface area (Å²) in [5.74, 6) is 0.0921. The maximum Gasteiger partial charge on any atom is 0.276 e. The lowest BCUT2D eigenvalue weighted by Crippen LogP contribution is -2.34. The number of fused-ring (bicyclic) bond motifs is 1. The summed E-state index contributed by atoms with van der Waals surface area (Å²) in [6, 6.07) is 6.24. The van der Waals surface area contributed by atoms with E-state index in [1.807, 2.05) is 37.2 Å². The first-order valence-corrected chi connectivity index (χ1v) is 12.1. The number of carbonyl (C=O) groups excluding carboxylic acids is 2. The zero-order valence-electron chi connectivity index (χ0n) is 19.3. The number of aryl methyl sites for hydroxylation is 1. The van der Waals surface area contributed by atoms with E-state index >= 15 is 0 Å². The van der Waals surface area contributed by atoms with E-state index in [1.165, 1.54) is 18.4 Å². The summed E-state index contributed by atoms with van der Waals surface area (Å²) in [5.41, 5.74) is 3.78. The SMILES string of the molecule is CCc1cccc2c(/C=C3/C(=O)N(CC)C(=S)N3C)cn(CC(=O)N3CCCCCC3)c12. The van der Waals surface area contributed by atoms with E-state index in [0.29, 0.717) is 23.9 Å². The Morgan fingerprint density at radius 2 is 1.84 bits per heavy atom. The van der Waals surface area contributed by atoms with E-state index in [1.54, 1.807) is 9.80 Å². The third kappa shape index (κ3) is 4.06. The molecule has 2 aliphatic rings. The van der Waals surface area contributed by atoms with Gasteiger partial charge in [0.15, 0.2) is 5.11 Å². The van der Waals surface area contributed by atoms with Gasteiger partial charge in [0.2, 0.25) is 5.91 Å². The molecule has 0 radical (unpaired) electrons. The fraction of sp³-hybridized carbons (Fsp3) is 0.480. The number of rotatable bonds is 5. The number of nitrogens with zero attached hydrogens (tertiary/aromatic N) is 4. The highest BCUT2D eigenvalue weighted by Gasteiger charge is 2.34. The van der Waals surface area contributed by atoms with Gasteiger partial charge < -0.3 is 14.4 Å². The number of benzene rings is 1. The average molecular weight is 453 g/mol. The molecule has 170 valence electrons. The lowest BCUT2D eigenvalue weighted by molar-refractivity contribution is -0.131. The van der Waals surface area contributed by atoms with Gasteiger partial charge in [0.1, 0.15) is 12.2 Å². The molecule has 1 aromatic carbocycles. The number of hydrogen-bond acceptors (Lipinski definition) is 3. The summed E-state index contributed by atoms with van der Waals surface area (Å²) in [5, 5.41) is 1.58. The molecule has 32 heavy (non-hydrogen) atoms. The minimum absolute atomic E-state index is 0.0758. The van der Waals surface area contributed by atoms with Crippen molar-refractivity contribution < 1.29 is 9.59 Å². The van der Waals surface area contributed by atoms with Crippen molar-refractivity contribution in [2.45, 2.75) is 52.5 Å². The number of hydrogen-bond donors (Lipinski definition) is 0. The summed E-state index contributed by atoms with van der Waals surface area (Å²) in [6.07, 6.45) is 9.38. The lowest BCUT2D eigenvalue weighted by atomic mass is 10.1. The molecule has 0 unspecified atom stereocenters. The van der Waals surface area contributed by atoms with Crippen LogP contribution in [0, 0.1) is 0 Å². The monoisotopic (exact) mass is 452 g/mol. The van der Waals surface area contributed by atoms with Gasteiger partial charge in [-0.2, -0.15) is 0 Å². The molecule has 0 spiro atoms. The highest BCUT2D eigenvalue weighted by atomic mass is 32.1. The molecule has 0 bridgehead atoms. The van der Waals surface area contributed by atoms with Gasteiger partial charge in [0.05, 0.1) is 5.52 Å². The highest BCUT2D eigenvalue weighted by molar-refractivity contribution is 7.80. The number of carbonyl (C=O) groups is 2. The molecular weight excluding hydrogens is 420 g/mol. The van der Waals surface area contributed by atoms with Crippen molar-refractivity contribution in [3.05, 3.63) is 41.2 Å². The van der Waals surface area contributed by atoms with Crippen molar-refractivity contribution in [2.24, 2.45) is 0 Å². The van der Waals surface area contributed by atoms with Crippen LogP contribution >= 0.6 is 12.2 Å². The molecule has 3 heterocycles. The third-order valence-corrected chi connectivity index (χ3v) is 7.10. The minimum atomic E-state index is -0.0758. The van der Waals surface area contributed by atoms with E-state index in [0.717, 1.165) is 48.8 Å². The predicted molar refractivity (Wildman–Crippen MR) is 132 cm³/mol. The predicted octanol–water partition coefficient (Wildman–Crippen LogP) is 4.03. The highest BCUT2D eigenvalue weighted by Crippen LogP contribution is 2.30. The molecule has 4 rings (SSSR count). The summed E-state index contributed by atoms with van der Waals surface area (Å²) < 4.78 is 2.07. The van der Waals surface area contributed by atoms with Crippen LogP contribution in [0.2, 0.25) is 0 Å². The van der Waals surface area contributed by atoms with Gasteiger partial charge in [0.25, 0.3) is 5.91 Å². The summed E-state index contributed by atoms with van der Waals surface area (Å²) in [6.45, 7) is 6.62. The molecule has 2 aromatic rings. The first kappa shape index (κ1) is 22.5. The largest absolute Gasteiger partial charge is 0.341 e. The molecule has 2 fully saturated rings. The van der Waals surface area contributed by atoms with Gasteiger partial charge >= 0.3 is 0 Å². The molecule has 1 aromatic heterocycles. The Balaban J connectivity index is 1.74. The quantitative estimate of drug-likeness (QED) is 0.508. The van der Waals surface area contributed by atoms with Crippen LogP contribution in [-0.2, 0) is 22.6 Å². The van der Waals surface area contributed by atoms with Crippen molar-refractivity contribution in [1.82, 2.24) is 19.3 Å². The molecule has 2 saturated heterocycles. The second-order valence-electron chi connectivity index (χ2n) is 8.59. The standard InChI is InChI=1S/C25H32N4O2S/c1-4-18-11-10-12-20-19(15-21-24(31)29(5-2)25(32)26(21)3)16-28(23(18)20)17-22(30)27-13-8-6-7-9-14-27/h10-12,15-16H,4-9,13-14,17H2,1-3H3/b21-15-. The van der Waals surface area contributed by atoms with Crippen LogP contribution in [0.4, 0.5) is 0 Å². The van der Waals surface area contributed by atoms with Gasteiger partial charge in [-0.1, -0.05) is 38.0 Å². The molecule has 0 saturated carbocycles. The summed E-state index contributed by atoms with van der Waals surface area (Å²) >= 11 is 5.45. The zero-order valence-corrected chi connectivity index (χ0v) is 20.1. The van der Waals surface area contributed by atoms with Crippen LogP contribution in [0.15, 0.2) is 30.1 Å². The van der Waals surface area contributed by atoms with E-state index in [2.05, 4.69) is 23.6 Å². The fourth-order valence-corrected chi connectivity index (χ4v) is 5.10. The van der Waals surface area contributed by atoms with Crippen LogP contribution in [0.25, 0.3) is 17.0 Å². The van der Waals surface area contributed by atoms with Crippen LogP contribution < -0.4 is 0 Å². The normalized spacial score (nSPS) is 18.8. The van der Waals surface area contributed by atoms with Crippen LogP contribution in [0.5, 0.6) is 0 Å². The number of likely N-dealkylation sites (tertiary alicyclic amines) is 1. The van der Waals surface area contributed by atoms with Crippen molar-refractivity contribution >= 4 is 46.1 Å². The Kier molecular flexibility index (Phi) is 6.65. The number of aromatic nitrogens is 1. The minimum Gasteiger partial charge on any atom is -0.341 e. The zero-order chi connectivity index (χ0) is 22.8. The molecular formula is C25H32N4O2S. The van der Waals surface area contributed by atoms with Gasteiger partial charge in [-0.05, 0) is 50.0 Å². The van der Waals surface area contributed by atoms with Gasteiger partial charge in [-0.3, -0.25) is 14.5 Å². The maximum absolute atomic E-state index is 13.1. The number of para-hydroxylation sites is 1. The average Bonchev–Trinajstić information content (AvgIpc) is 3.07. The summed E-state index contributed by atoms with van der Waals surface area (Å²) in [4.78, 5) is 31.5. The van der Waals surface area contributed by atoms with Crippen LogP contribution in [0.3, 0.4) is 0 Å². The molecule has 7 heteroatoms. The Morgan fingerprint density at radius 1 is 1.12 bits per heavy atom. The Morgan fingerprint density at radius 3 is 2.47 bits per heavy atom. The Labute approximate surface area is 195 Å². The van der Waals surface area contributed by atoms with Gasteiger partial charge in [-0.15, -0.1) is 0 Å². The van der Waals surface area contributed by atoms with Gasteiger partial charge in [-0.25, -0.2) is 0 Å². The smallest absolute Gasteiger partial charge is 0.276 e. The molecule has 0 N–H and O–H groups in total. The van der Waals surface area contributed by atoms with E-state index in [4.69, 9.17) is 12.2 Å². The first-order valence-electron chi connectivity index (χ1n) is 11.7. The third-order valence-electron chi connectivity index (χ3n) is 6.61. The van der Waals surface area contributed by atoms with Crippen molar-refractivity contribution in [3.8, 4) is 0 Å². The molecule has 0 aliphatic carbocycles. The topological polar surface area (TPSA) is 48.8 Å². The van der Waals surface area contributed by atoms with Crippen molar-refractivity contribution in [2.75, 3.05) is 26.7 Å². The number of amides is 2.